The monoisotopic (exact) mass is 213 g/mol. The smallest absolute Gasteiger partial charge is 0.141 e. The number of phenols is 1. The average Bonchev–Trinajstić information content (AvgIpc) is 2.08. The van der Waals surface area contributed by atoms with Crippen molar-refractivity contribution in [3.63, 3.8) is 0 Å². The molecule has 2 N–H and O–H groups in total. The lowest BCUT2D eigenvalue weighted by molar-refractivity contribution is 0.217. The van der Waals surface area contributed by atoms with Crippen LogP contribution in [0.1, 0.15) is 6.42 Å². The topological polar surface area (TPSA) is 41.5 Å². The summed E-state index contributed by atoms with van der Waals surface area (Å²) >= 11 is 5.88. The molecule has 1 aromatic rings. The van der Waals surface area contributed by atoms with Crippen molar-refractivity contribution in [3.05, 3.63) is 23.2 Å². The Hall–Kier alpha value is -0.930. The highest BCUT2D eigenvalue weighted by Crippen LogP contribution is 2.28. The molecule has 14 heavy (non-hydrogen) atoms. The zero-order valence-corrected chi connectivity index (χ0v) is 8.42. The Morgan fingerprint density at radius 3 is 3.00 bits per heavy atom. The first kappa shape index (κ1) is 9.62. The summed E-state index contributed by atoms with van der Waals surface area (Å²) in [4.78, 5) is 0. The molecule has 1 aromatic carbocycles. The molecule has 0 aliphatic carbocycles. The Balaban J connectivity index is 1.96. The van der Waals surface area contributed by atoms with E-state index in [1.54, 1.807) is 6.07 Å². The average molecular weight is 214 g/mol. The third-order valence-electron chi connectivity index (χ3n) is 2.28. The van der Waals surface area contributed by atoms with E-state index in [9.17, 15) is 5.11 Å². The number of halogens is 1. The van der Waals surface area contributed by atoms with Crippen LogP contribution in [-0.4, -0.2) is 24.3 Å². The van der Waals surface area contributed by atoms with Gasteiger partial charge >= 0.3 is 0 Å². The zero-order valence-electron chi connectivity index (χ0n) is 7.66. The second-order valence-corrected chi connectivity index (χ2v) is 3.77. The number of nitrogens with one attached hydrogen (secondary N) is 1. The van der Waals surface area contributed by atoms with Crippen LogP contribution in [0.25, 0.3) is 0 Å². The van der Waals surface area contributed by atoms with Crippen LogP contribution < -0.4 is 10.1 Å². The minimum Gasteiger partial charge on any atom is -0.508 e. The highest BCUT2D eigenvalue weighted by Gasteiger charge is 2.17. The van der Waals surface area contributed by atoms with Gasteiger partial charge in [-0.2, -0.15) is 0 Å². The molecular weight excluding hydrogens is 202 g/mol. The third kappa shape index (κ3) is 2.11. The van der Waals surface area contributed by atoms with Crippen LogP contribution in [0, 0.1) is 0 Å². The van der Waals surface area contributed by atoms with Crippen LogP contribution in [0.3, 0.4) is 0 Å². The Morgan fingerprint density at radius 2 is 2.36 bits per heavy atom. The fourth-order valence-corrected chi connectivity index (χ4v) is 1.46. The standard InChI is InChI=1S/C10H12ClNO2/c11-9-2-1-8(13)5-10(9)14-6-7-3-4-12-7/h1-2,5,7,12-13H,3-4,6H2. The minimum atomic E-state index is 0.172. The van der Waals surface area contributed by atoms with Crippen molar-refractivity contribution in [1.82, 2.24) is 5.32 Å². The predicted molar refractivity (Wildman–Crippen MR) is 55.0 cm³/mol. The molecule has 0 bridgehead atoms. The van der Waals surface area contributed by atoms with Crippen LogP contribution in [0.4, 0.5) is 0 Å². The van der Waals surface area contributed by atoms with Gasteiger partial charge in [-0.1, -0.05) is 11.6 Å². The first-order valence-electron chi connectivity index (χ1n) is 4.60. The van der Waals surface area contributed by atoms with Crippen molar-refractivity contribution >= 4 is 11.6 Å². The van der Waals surface area contributed by atoms with Gasteiger partial charge in [0.25, 0.3) is 0 Å². The molecule has 1 atom stereocenters. The molecular formula is C10H12ClNO2. The maximum atomic E-state index is 9.22. The van der Waals surface area contributed by atoms with E-state index >= 15 is 0 Å². The molecule has 4 heteroatoms. The van der Waals surface area contributed by atoms with Gasteiger partial charge in [0.05, 0.1) is 5.02 Å². The quantitative estimate of drug-likeness (QED) is 0.805. The summed E-state index contributed by atoms with van der Waals surface area (Å²) in [5, 5.41) is 13.0. The lowest BCUT2D eigenvalue weighted by Gasteiger charge is -2.27. The van der Waals surface area contributed by atoms with Gasteiger partial charge in [-0.05, 0) is 25.1 Å². The highest BCUT2D eigenvalue weighted by atomic mass is 35.5. The fraction of sp³-hybridized carbons (Fsp3) is 0.400. The van der Waals surface area contributed by atoms with Gasteiger partial charge in [0.2, 0.25) is 0 Å². The second kappa shape index (κ2) is 4.07. The van der Waals surface area contributed by atoms with E-state index in [1.165, 1.54) is 12.1 Å². The van der Waals surface area contributed by atoms with Gasteiger partial charge in [0.15, 0.2) is 0 Å². The van der Waals surface area contributed by atoms with Crippen molar-refractivity contribution in [2.24, 2.45) is 0 Å². The molecule has 1 fully saturated rings. The largest absolute Gasteiger partial charge is 0.508 e. The Labute approximate surface area is 87.6 Å². The summed E-state index contributed by atoms with van der Waals surface area (Å²) in [5.74, 6) is 0.714. The summed E-state index contributed by atoms with van der Waals surface area (Å²) in [6.07, 6.45) is 1.14. The molecule has 3 nitrogen and oxygen atoms in total. The summed E-state index contributed by atoms with van der Waals surface area (Å²) in [5.41, 5.74) is 0. The number of rotatable bonds is 3. The second-order valence-electron chi connectivity index (χ2n) is 3.37. The van der Waals surface area contributed by atoms with E-state index in [1.807, 2.05) is 0 Å². The van der Waals surface area contributed by atoms with Crippen molar-refractivity contribution in [2.75, 3.05) is 13.2 Å². The van der Waals surface area contributed by atoms with Crippen LogP contribution in [0.5, 0.6) is 11.5 Å². The molecule has 76 valence electrons. The van der Waals surface area contributed by atoms with Gasteiger partial charge in [0, 0.05) is 12.1 Å². The van der Waals surface area contributed by atoms with E-state index in [4.69, 9.17) is 16.3 Å². The van der Waals surface area contributed by atoms with Gasteiger partial charge < -0.3 is 15.2 Å². The summed E-state index contributed by atoms with van der Waals surface area (Å²) < 4.78 is 5.47. The van der Waals surface area contributed by atoms with E-state index in [2.05, 4.69) is 5.32 Å². The fourth-order valence-electron chi connectivity index (χ4n) is 1.28. The summed E-state index contributed by atoms with van der Waals surface area (Å²) in [6.45, 7) is 1.66. The molecule has 1 aliphatic heterocycles. The Bertz CT molecular complexity index is 326. The van der Waals surface area contributed by atoms with Crippen LogP contribution in [-0.2, 0) is 0 Å². The molecule has 1 unspecified atom stereocenters. The molecule has 0 radical (unpaired) electrons. The van der Waals surface area contributed by atoms with Crippen molar-refractivity contribution in [1.29, 1.82) is 0 Å². The molecule has 1 heterocycles. The zero-order chi connectivity index (χ0) is 9.97. The van der Waals surface area contributed by atoms with E-state index < -0.39 is 0 Å². The predicted octanol–water partition coefficient (Wildman–Crippen LogP) is 1.79. The highest BCUT2D eigenvalue weighted by molar-refractivity contribution is 6.32. The van der Waals surface area contributed by atoms with Gasteiger partial charge in [-0.15, -0.1) is 0 Å². The maximum Gasteiger partial charge on any atom is 0.141 e. The molecule has 2 rings (SSSR count). The summed E-state index contributed by atoms with van der Waals surface area (Å²) in [7, 11) is 0. The lowest BCUT2D eigenvalue weighted by atomic mass is 10.1. The van der Waals surface area contributed by atoms with Gasteiger partial charge in [-0.25, -0.2) is 0 Å². The first-order chi connectivity index (χ1) is 6.75. The van der Waals surface area contributed by atoms with Gasteiger partial charge in [0.1, 0.15) is 18.1 Å². The van der Waals surface area contributed by atoms with Crippen molar-refractivity contribution < 1.29 is 9.84 Å². The molecule has 0 saturated carbocycles. The Morgan fingerprint density at radius 1 is 1.57 bits per heavy atom. The SMILES string of the molecule is Oc1ccc(Cl)c(OCC2CCN2)c1. The third-order valence-corrected chi connectivity index (χ3v) is 2.59. The number of hydrogen-bond donors (Lipinski definition) is 2. The summed E-state index contributed by atoms with van der Waals surface area (Å²) in [6, 6.07) is 5.12. The van der Waals surface area contributed by atoms with Crippen LogP contribution in [0.15, 0.2) is 18.2 Å². The number of phenolic OH excluding ortho intramolecular Hbond substituents is 1. The van der Waals surface area contributed by atoms with E-state index in [-0.39, 0.29) is 5.75 Å². The molecule has 0 aromatic heterocycles. The number of aromatic hydroxyl groups is 1. The number of benzene rings is 1. The molecule has 1 saturated heterocycles. The molecule has 0 spiro atoms. The lowest BCUT2D eigenvalue weighted by Crippen LogP contribution is -2.46. The van der Waals surface area contributed by atoms with Crippen LogP contribution in [0.2, 0.25) is 5.02 Å². The van der Waals surface area contributed by atoms with Crippen molar-refractivity contribution in [3.8, 4) is 11.5 Å². The van der Waals surface area contributed by atoms with Crippen LogP contribution >= 0.6 is 11.6 Å². The van der Waals surface area contributed by atoms with E-state index in [0.29, 0.717) is 23.4 Å². The van der Waals surface area contributed by atoms with E-state index in [0.717, 1.165) is 13.0 Å². The number of ether oxygens (including phenoxy) is 1. The van der Waals surface area contributed by atoms with Gasteiger partial charge in [-0.3, -0.25) is 0 Å². The van der Waals surface area contributed by atoms with Crippen molar-refractivity contribution in [2.45, 2.75) is 12.5 Å². The number of hydrogen-bond acceptors (Lipinski definition) is 3. The molecule has 1 aliphatic rings. The maximum absolute atomic E-state index is 9.22. The minimum absolute atomic E-state index is 0.172. The first-order valence-corrected chi connectivity index (χ1v) is 4.98. The Kier molecular flexibility index (Phi) is 2.79. The normalized spacial score (nSPS) is 20.2. The molecule has 0 amide bonds.